The molecule has 0 aliphatic heterocycles. The standard InChI is InChI=1S/C37H36N2/c1-5-8-9-12-17-30(4)38(34-18-13-10-14-19-34)36-26-22-31(23-27-36)32-24-28-37(29-25-32)39(33(6-2)7-3)35-20-15-11-16-21-35/h5-8,10-29H,2,4,9H2,1,3H3/b8-5-,17-12?,33-7+. The molecule has 0 aliphatic rings. The lowest BCUT2D eigenvalue weighted by Crippen LogP contribution is -2.14. The van der Waals surface area contributed by atoms with Crippen molar-refractivity contribution in [1.82, 2.24) is 0 Å². The number of para-hydroxylation sites is 2. The first-order valence-corrected chi connectivity index (χ1v) is 13.3. The molecule has 2 nitrogen and oxygen atoms in total. The molecule has 194 valence electrons. The Morgan fingerprint density at radius 1 is 0.615 bits per heavy atom. The molecule has 0 amide bonds. The highest BCUT2D eigenvalue weighted by Gasteiger charge is 2.14. The largest absolute Gasteiger partial charge is 0.311 e. The van der Waals surface area contributed by atoms with E-state index in [1.807, 2.05) is 32.1 Å². The van der Waals surface area contributed by atoms with Crippen molar-refractivity contribution in [2.75, 3.05) is 9.80 Å². The molecule has 0 bridgehead atoms. The van der Waals surface area contributed by atoms with Crippen molar-refractivity contribution < 1.29 is 0 Å². The highest BCUT2D eigenvalue weighted by atomic mass is 15.1. The molecule has 2 heteroatoms. The van der Waals surface area contributed by atoms with Gasteiger partial charge in [-0.1, -0.05) is 98.1 Å². The van der Waals surface area contributed by atoms with E-state index in [2.05, 4.69) is 150 Å². The topological polar surface area (TPSA) is 6.48 Å². The van der Waals surface area contributed by atoms with Crippen molar-refractivity contribution in [1.29, 1.82) is 0 Å². The van der Waals surface area contributed by atoms with Gasteiger partial charge in [-0.25, -0.2) is 0 Å². The van der Waals surface area contributed by atoms with Crippen molar-refractivity contribution in [2.45, 2.75) is 20.3 Å². The fourth-order valence-electron chi connectivity index (χ4n) is 4.52. The molecule has 4 aromatic rings. The van der Waals surface area contributed by atoms with Crippen molar-refractivity contribution >= 4 is 22.7 Å². The Bertz CT molecular complexity index is 1440. The molecular weight excluding hydrogens is 472 g/mol. The van der Waals surface area contributed by atoms with Crippen LogP contribution in [0.5, 0.6) is 0 Å². The minimum Gasteiger partial charge on any atom is -0.311 e. The quantitative estimate of drug-likeness (QED) is 0.147. The second kappa shape index (κ2) is 13.6. The van der Waals surface area contributed by atoms with Gasteiger partial charge >= 0.3 is 0 Å². The first kappa shape index (κ1) is 27.2. The van der Waals surface area contributed by atoms with Gasteiger partial charge in [0.05, 0.1) is 0 Å². The Kier molecular flexibility index (Phi) is 9.52. The summed E-state index contributed by atoms with van der Waals surface area (Å²) in [4.78, 5) is 4.40. The molecule has 0 heterocycles. The third-order valence-electron chi connectivity index (χ3n) is 6.48. The van der Waals surface area contributed by atoms with Gasteiger partial charge in [-0.2, -0.15) is 0 Å². The van der Waals surface area contributed by atoms with Gasteiger partial charge in [0.25, 0.3) is 0 Å². The fourth-order valence-corrected chi connectivity index (χ4v) is 4.52. The monoisotopic (exact) mass is 508 g/mol. The van der Waals surface area contributed by atoms with Crippen LogP contribution in [0.4, 0.5) is 22.7 Å². The maximum absolute atomic E-state index is 4.36. The highest BCUT2D eigenvalue weighted by molar-refractivity contribution is 5.76. The zero-order chi connectivity index (χ0) is 27.5. The van der Waals surface area contributed by atoms with E-state index in [0.29, 0.717) is 0 Å². The minimum atomic E-state index is 0.886. The maximum Gasteiger partial charge on any atom is 0.0461 e. The Balaban J connectivity index is 1.61. The number of benzene rings is 4. The predicted octanol–water partition coefficient (Wildman–Crippen LogP) is 10.8. The summed E-state index contributed by atoms with van der Waals surface area (Å²) in [7, 11) is 0. The van der Waals surface area contributed by atoms with E-state index in [1.54, 1.807) is 0 Å². The molecule has 0 saturated carbocycles. The van der Waals surface area contributed by atoms with E-state index in [4.69, 9.17) is 0 Å². The maximum atomic E-state index is 4.36. The molecule has 0 atom stereocenters. The summed E-state index contributed by atoms with van der Waals surface area (Å²) >= 11 is 0. The molecule has 39 heavy (non-hydrogen) atoms. The first-order valence-electron chi connectivity index (χ1n) is 13.3. The number of nitrogens with zero attached hydrogens (tertiary/aromatic N) is 2. The lowest BCUT2D eigenvalue weighted by molar-refractivity contribution is 1.20. The van der Waals surface area contributed by atoms with Crippen molar-refractivity contribution in [2.24, 2.45) is 0 Å². The van der Waals surface area contributed by atoms with Crippen molar-refractivity contribution in [3.63, 3.8) is 0 Å². The molecule has 4 rings (SSSR count). The lowest BCUT2D eigenvalue weighted by Gasteiger charge is -2.26. The van der Waals surface area contributed by atoms with Gasteiger partial charge < -0.3 is 9.80 Å². The highest BCUT2D eigenvalue weighted by Crippen LogP contribution is 2.34. The fraction of sp³-hybridized carbons (Fsp3) is 0.0811. The average Bonchev–Trinajstić information content (AvgIpc) is 3.00. The van der Waals surface area contributed by atoms with Gasteiger partial charge in [-0.15, -0.1) is 0 Å². The van der Waals surface area contributed by atoms with Crippen molar-refractivity contribution in [3.8, 4) is 11.1 Å². The van der Waals surface area contributed by atoms with Crippen LogP contribution in [0, 0.1) is 0 Å². The summed E-state index contributed by atoms with van der Waals surface area (Å²) in [5.41, 5.74) is 8.63. The van der Waals surface area contributed by atoms with Gasteiger partial charge in [0, 0.05) is 34.1 Å². The van der Waals surface area contributed by atoms with Gasteiger partial charge in [0.1, 0.15) is 0 Å². The normalized spacial score (nSPS) is 11.6. The molecule has 0 saturated heterocycles. The van der Waals surface area contributed by atoms with Crippen LogP contribution < -0.4 is 9.80 Å². The van der Waals surface area contributed by atoms with E-state index in [0.717, 1.165) is 51.7 Å². The van der Waals surface area contributed by atoms with E-state index in [1.165, 1.54) is 0 Å². The Morgan fingerprint density at radius 2 is 1.08 bits per heavy atom. The molecule has 0 unspecified atom stereocenters. The van der Waals surface area contributed by atoms with Crippen LogP contribution in [-0.2, 0) is 0 Å². The summed E-state index contributed by atoms with van der Waals surface area (Å²) in [5.74, 6) is 0. The second-order valence-electron chi connectivity index (χ2n) is 9.05. The SMILES string of the molecule is C=C/C(=C\C)N(c1ccccc1)c1ccc(-c2ccc(N(C(=C)C=CC/C=C\C)c3ccccc3)cc2)cc1. The molecular formula is C37H36N2. The molecule has 0 N–H and O–H groups in total. The van der Waals surface area contributed by atoms with Gasteiger partial charge in [-0.05, 0) is 92.1 Å². The van der Waals surface area contributed by atoms with E-state index < -0.39 is 0 Å². The molecule has 0 fully saturated rings. The van der Waals surface area contributed by atoms with Crippen LogP contribution in [0.15, 0.2) is 170 Å². The summed E-state index contributed by atoms with van der Waals surface area (Å²) in [5, 5.41) is 0. The van der Waals surface area contributed by atoms with Crippen LogP contribution in [0.3, 0.4) is 0 Å². The summed E-state index contributed by atoms with van der Waals surface area (Å²) in [6.45, 7) is 12.5. The van der Waals surface area contributed by atoms with Crippen LogP contribution in [0.2, 0.25) is 0 Å². The summed E-state index contributed by atoms with van der Waals surface area (Å²) in [6, 6.07) is 38.1. The summed E-state index contributed by atoms with van der Waals surface area (Å²) < 4.78 is 0. The number of hydrogen-bond donors (Lipinski definition) is 0. The van der Waals surface area contributed by atoms with E-state index in [-0.39, 0.29) is 0 Å². The third-order valence-corrected chi connectivity index (χ3v) is 6.48. The Hall–Kier alpha value is -4.82. The van der Waals surface area contributed by atoms with Crippen LogP contribution in [0.25, 0.3) is 11.1 Å². The third kappa shape index (κ3) is 6.74. The molecule has 0 radical (unpaired) electrons. The Morgan fingerprint density at radius 3 is 1.54 bits per heavy atom. The van der Waals surface area contributed by atoms with E-state index >= 15 is 0 Å². The lowest BCUT2D eigenvalue weighted by atomic mass is 10.0. The summed E-state index contributed by atoms with van der Waals surface area (Å²) in [6.07, 6.45) is 13.3. The van der Waals surface area contributed by atoms with Crippen LogP contribution in [0.1, 0.15) is 20.3 Å². The zero-order valence-electron chi connectivity index (χ0n) is 22.9. The van der Waals surface area contributed by atoms with Gasteiger partial charge in [0.15, 0.2) is 0 Å². The minimum absolute atomic E-state index is 0.886. The number of hydrogen-bond acceptors (Lipinski definition) is 2. The van der Waals surface area contributed by atoms with Crippen LogP contribution in [-0.4, -0.2) is 0 Å². The Labute approximate surface area is 233 Å². The van der Waals surface area contributed by atoms with Gasteiger partial charge in [-0.3, -0.25) is 0 Å². The van der Waals surface area contributed by atoms with Gasteiger partial charge in [0.2, 0.25) is 0 Å². The second-order valence-corrected chi connectivity index (χ2v) is 9.05. The van der Waals surface area contributed by atoms with Crippen molar-refractivity contribution in [3.05, 3.63) is 170 Å². The molecule has 0 aliphatic carbocycles. The van der Waals surface area contributed by atoms with Crippen LogP contribution >= 0.6 is 0 Å². The molecule has 0 spiro atoms. The first-order chi connectivity index (χ1) is 19.2. The number of allylic oxidation sites excluding steroid dienone is 6. The predicted molar refractivity (Wildman–Crippen MR) is 171 cm³/mol. The zero-order valence-corrected chi connectivity index (χ0v) is 22.9. The molecule has 4 aromatic carbocycles. The molecule has 0 aromatic heterocycles. The number of anilines is 4. The smallest absolute Gasteiger partial charge is 0.0461 e. The average molecular weight is 509 g/mol. The number of rotatable bonds is 11. The van der Waals surface area contributed by atoms with E-state index in [9.17, 15) is 0 Å².